The third-order valence-corrected chi connectivity index (χ3v) is 5.07. The van der Waals surface area contributed by atoms with Gasteiger partial charge in [0.15, 0.2) is 0 Å². The van der Waals surface area contributed by atoms with Gasteiger partial charge in [0.25, 0.3) is 0 Å². The van der Waals surface area contributed by atoms with Gasteiger partial charge < -0.3 is 4.74 Å². The van der Waals surface area contributed by atoms with Crippen molar-refractivity contribution in [2.45, 2.75) is 26.2 Å². The molecule has 0 amide bonds. The Morgan fingerprint density at radius 3 is 2.44 bits per heavy atom. The average molecular weight is 376 g/mol. The number of piperidine rings is 1. The third-order valence-electron chi connectivity index (χ3n) is 4.54. The van der Waals surface area contributed by atoms with Crippen molar-refractivity contribution in [3.8, 4) is 11.5 Å². The molecular formula is C21H23Cl2NO. The topological polar surface area (TPSA) is 12.5 Å². The van der Waals surface area contributed by atoms with Crippen LogP contribution >= 0.6 is 23.2 Å². The lowest BCUT2D eigenvalue weighted by atomic mass is 10.1. The highest BCUT2D eigenvalue weighted by atomic mass is 35.5. The predicted octanol–water partition coefficient (Wildman–Crippen LogP) is 6.67. The van der Waals surface area contributed by atoms with E-state index in [0.717, 1.165) is 12.3 Å². The molecule has 0 aromatic heterocycles. The van der Waals surface area contributed by atoms with E-state index in [0.29, 0.717) is 15.8 Å². The third kappa shape index (κ3) is 5.24. The van der Waals surface area contributed by atoms with Gasteiger partial charge in [-0.3, -0.25) is 4.90 Å². The van der Waals surface area contributed by atoms with Gasteiger partial charge in [0.2, 0.25) is 0 Å². The summed E-state index contributed by atoms with van der Waals surface area (Å²) in [5.74, 6) is 1.37. The molecule has 0 atom stereocenters. The minimum absolute atomic E-state index is 0.509. The summed E-state index contributed by atoms with van der Waals surface area (Å²) in [5, 5.41) is 1.11. The van der Waals surface area contributed by atoms with Crippen LogP contribution in [-0.4, -0.2) is 24.5 Å². The first-order valence-corrected chi connectivity index (χ1v) is 9.50. The van der Waals surface area contributed by atoms with Crippen LogP contribution in [0.4, 0.5) is 0 Å². The van der Waals surface area contributed by atoms with Crippen molar-refractivity contribution in [1.82, 2.24) is 4.90 Å². The number of allylic oxidation sites excluding steroid dienone is 1. The Labute approximate surface area is 160 Å². The van der Waals surface area contributed by atoms with Crippen LogP contribution in [0.5, 0.6) is 11.5 Å². The molecule has 0 radical (unpaired) electrons. The standard InChI is InChI=1S/C21H23Cl2NO/c1-16(11-14-24-12-3-2-4-13-24)17-5-8-19(9-6-17)25-21-10-7-18(22)15-20(21)23/h5-11,15H,2-4,12-14H2,1H3. The maximum absolute atomic E-state index is 6.15. The van der Waals surface area contributed by atoms with Crippen molar-refractivity contribution in [1.29, 1.82) is 0 Å². The molecule has 0 saturated carbocycles. The summed E-state index contributed by atoms with van der Waals surface area (Å²) in [4.78, 5) is 2.52. The number of hydrogen-bond donors (Lipinski definition) is 0. The Morgan fingerprint density at radius 2 is 1.76 bits per heavy atom. The molecule has 132 valence electrons. The molecular weight excluding hydrogens is 353 g/mol. The Kier molecular flexibility index (Phi) is 6.41. The lowest BCUT2D eigenvalue weighted by Gasteiger charge is -2.25. The highest BCUT2D eigenvalue weighted by Gasteiger charge is 2.08. The molecule has 0 bridgehead atoms. The molecule has 2 nitrogen and oxygen atoms in total. The van der Waals surface area contributed by atoms with Gasteiger partial charge in [0.05, 0.1) is 5.02 Å². The highest BCUT2D eigenvalue weighted by Crippen LogP contribution is 2.32. The summed E-state index contributed by atoms with van der Waals surface area (Å²) in [5.41, 5.74) is 2.51. The SMILES string of the molecule is CC(=CCN1CCCCC1)c1ccc(Oc2ccc(Cl)cc2Cl)cc1. The molecule has 1 heterocycles. The molecule has 25 heavy (non-hydrogen) atoms. The van der Waals surface area contributed by atoms with Gasteiger partial charge in [-0.05, 0) is 74.3 Å². The zero-order valence-electron chi connectivity index (χ0n) is 14.5. The van der Waals surface area contributed by atoms with Crippen LogP contribution < -0.4 is 4.74 Å². The average Bonchev–Trinajstić information content (AvgIpc) is 2.63. The van der Waals surface area contributed by atoms with Crippen molar-refractivity contribution in [2.24, 2.45) is 0 Å². The molecule has 0 unspecified atom stereocenters. The van der Waals surface area contributed by atoms with Gasteiger partial charge in [-0.15, -0.1) is 0 Å². The number of nitrogens with zero attached hydrogens (tertiary/aromatic N) is 1. The monoisotopic (exact) mass is 375 g/mol. The molecule has 0 N–H and O–H groups in total. The molecule has 1 fully saturated rings. The number of likely N-dealkylation sites (tertiary alicyclic amines) is 1. The fourth-order valence-corrected chi connectivity index (χ4v) is 3.44. The van der Waals surface area contributed by atoms with Gasteiger partial charge in [-0.2, -0.15) is 0 Å². The first-order valence-electron chi connectivity index (χ1n) is 8.74. The van der Waals surface area contributed by atoms with Crippen LogP contribution in [0, 0.1) is 0 Å². The smallest absolute Gasteiger partial charge is 0.146 e. The number of benzene rings is 2. The summed E-state index contributed by atoms with van der Waals surface area (Å²) in [7, 11) is 0. The maximum atomic E-state index is 6.15. The largest absolute Gasteiger partial charge is 0.456 e. The zero-order valence-corrected chi connectivity index (χ0v) is 16.0. The summed E-state index contributed by atoms with van der Waals surface area (Å²) in [6, 6.07) is 13.3. The molecule has 1 aliphatic rings. The second-order valence-electron chi connectivity index (χ2n) is 6.45. The van der Waals surface area contributed by atoms with Crippen LogP contribution in [0.25, 0.3) is 5.57 Å². The normalized spacial score (nSPS) is 16.0. The molecule has 2 aromatic carbocycles. The van der Waals surface area contributed by atoms with Crippen molar-refractivity contribution < 1.29 is 4.74 Å². The molecule has 1 aliphatic heterocycles. The Balaban J connectivity index is 1.62. The molecule has 4 heteroatoms. The van der Waals surface area contributed by atoms with Crippen LogP contribution in [0.1, 0.15) is 31.7 Å². The maximum Gasteiger partial charge on any atom is 0.146 e. The van der Waals surface area contributed by atoms with E-state index in [2.05, 4.69) is 30.0 Å². The van der Waals surface area contributed by atoms with E-state index in [9.17, 15) is 0 Å². The fraction of sp³-hybridized carbons (Fsp3) is 0.333. The van der Waals surface area contributed by atoms with Crippen molar-refractivity contribution in [3.05, 3.63) is 64.1 Å². The molecule has 0 spiro atoms. The summed E-state index contributed by atoms with van der Waals surface area (Å²) in [6.07, 6.45) is 6.34. The number of hydrogen-bond acceptors (Lipinski definition) is 2. The fourth-order valence-electron chi connectivity index (χ4n) is 3.00. The summed E-state index contributed by atoms with van der Waals surface area (Å²) < 4.78 is 5.84. The minimum atomic E-state index is 0.509. The van der Waals surface area contributed by atoms with Gasteiger partial charge in [0, 0.05) is 11.6 Å². The number of halogens is 2. The second kappa shape index (κ2) is 8.75. The van der Waals surface area contributed by atoms with Crippen molar-refractivity contribution in [2.75, 3.05) is 19.6 Å². The lowest BCUT2D eigenvalue weighted by Crippen LogP contribution is -2.29. The van der Waals surface area contributed by atoms with Gasteiger partial charge in [-0.25, -0.2) is 0 Å². The summed E-state index contributed by atoms with van der Waals surface area (Å²) >= 11 is 12.1. The van der Waals surface area contributed by atoms with Crippen LogP contribution in [0.3, 0.4) is 0 Å². The van der Waals surface area contributed by atoms with E-state index in [1.54, 1.807) is 18.2 Å². The van der Waals surface area contributed by atoms with E-state index < -0.39 is 0 Å². The zero-order chi connectivity index (χ0) is 17.6. The lowest BCUT2D eigenvalue weighted by molar-refractivity contribution is 0.251. The molecule has 1 saturated heterocycles. The van der Waals surface area contributed by atoms with Gasteiger partial charge in [0.1, 0.15) is 11.5 Å². The number of ether oxygens (including phenoxy) is 1. The highest BCUT2D eigenvalue weighted by molar-refractivity contribution is 6.35. The van der Waals surface area contributed by atoms with E-state index in [4.69, 9.17) is 27.9 Å². The molecule has 2 aromatic rings. The van der Waals surface area contributed by atoms with E-state index in [1.165, 1.54) is 43.5 Å². The van der Waals surface area contributed by atoms with Crippen LogP contribution in [0.15, 0.2) is 48.5 Å². The van der Waals surface area contributed by atoms with Crippen molar-refractivity contribution in [3.63, 3.8) is 0 Å². The summed E-state index contributed by atoms with van der Waals surface area (Å²) in [6.45, 7) is 5.64. The van der Waals surface area contributed by atoms with Crippen LogP contribution in [0.2, 0.25) is 10.0 Å². The van der Waals surface area contributed by atoms with Crippen molar-refractivity contribution >= 4 is 28.8 Å². The predicted molar refractivity (Wildman–Crippen MR) is 107 cm³/mol. The Morgan fingerprint density at radius 1 is 1.04 bits per heavy atom. The van der Waals surface area contributed by atoms with E-state index in [-0.39, 0.29) is 0 Å². The van der Waals surface area contributed by atoms with E-state index >= 15 is 0 Å². The van der Waals surface area contributed by atoms with Gasteiger partial charge >= 0.3 is 0 Å². The molecule has 3 rings (SSSR count). The molecule has 0 aliphatic carbocycles. The number of rotatable bonds is 5. The first kappa shape index (κ1) is 18.3. The second-order valence-corrected chi connectivity index (χ2v) is 7.29. The van der Waals surface area contributed by atoms with E-state index in [1.807, 2.05) is 12.1 Å². The van der Waals surface area contributed by atoms with Gasteiger partial charge in [-0.1, -0.05) is 47.8 Å². The Hall–Kier alpha value is -1.48. The quantitative estimate of drug-likeness (QED) is 0.577. The van der Waals surface area contributed by atoms with Crippen LogP contribution in [-0.2, 0) is 0 Å². The Bertz CT molecular complexity index is 734. The first-order chi connectivity index (χ1) is 12.1. The minimum Gasteiger partial charge on any atom is -0.456 e.